The van der Waals surface area contributed by atoms with E-state index < -0.39 is 9.84 Å². The van der Waals surface area contributed by atoms with Gasteiger partial charge in [0.05, 0.1) is 23.7 Å². The molecule has 1 aliphatic heterocycles. The summed E-state index contributed by atoms with van der Waals surface area (Å²) in [6.45, 7) is 4.34. The maximum Gasteiger partial charge on any atom is 0.152 e. The first-order valence-electron chi connectivity index (χ1n) is 7.63. The zero-order valence-electron chi connectivity index (χ0n) is 13.1. The van der Waals surface area contributed by atoms with E-state index in [1.54, 1.807) is 0 Å². The molecule has 0 bridgehead atoms. The molecule has 1 aromatic carbocycles. The number of benzene rings is 1. The van der Waals surface area contributed by atoms with Crippen molar-refractivity contribution in [2.45, 2.75) is 20.0 Å². The van der Waals surface area contributed by atoms with Crippen LogP contribution in [0.15, 0.2) is 30.3 Å². The van der Waals surface area contributed by atoms with Crippen molar-refractivity contribution in [3.63, 3.8) is 0 Å². The van der Waals surface area contributed by atoms with Crippen molar-refractivity contribution >= 4 is 21.4 Å². The lowest BCUT2D eigenvalue weighted by atomic mass is 10.2. The Morgan fingerprint density at radius 3 is 2.43 bits per heavy atom. The smallest absolute Gasteiger partial charge is 0.152 e. The molecule has 1 fully saturated rings. The van der Waals surface area contributed by atoms with E-state index in [0.29, 0.717) is 31.3 Å². The molecule has 2 heterocycles. The lowest BCUT2D eigenvalue weighted by Gasteiger charge is -2.26. The molecular formula is C16H20ClN3O2S. The van der Waals surface area contributed by atoms with E-state index >= 15 is 0 Å². The molecule has 7 heteroatoms. The van der Waals surface area contributed by atoms with E-state index in [-0.39, 0.29) is 11.5 Å². The molecule has 0 N–H and O–H groups in total. The van der Waals surface area contributed by atoms with Crippen LogP contribution < -0.4 is 0 Å². The van der Waals surface area contributed by atoms with Crippen molar-refractivity contribution in [3.05, 3.63) is 52.3 Å². The molecule has 23 heavy (non-hydrogen) atoms. The highest BCUT2D eigenvalue weighted by Crippen LogP contribution is 2.23. The number of hydrogen-bond acceptors (Lipinski definition) is 4. The number of aryl methyl sites for hydroxylation is 1. The quantitative estimate of drug-likeness (QED) is 0.845. The zero-order valence-corrected chi connectivity index (χ0v) is 14.6. The Balaban J connectivity index is 1.73. The molecule has 1 saturated heterocycles. The van der Waals surface area contributed by atoms with Crippen LogP contribution in [0.25, 0.3) is 0 Å². The van der Waals surface area contributed by atoms with Gasteiger partial charge in [0.1, 0.15) is 5.15 Å². The Morgan fingerprint density at radius 1 is 1.13 bits per heavy atom. The summed E-state index contributed by atoms with van der Waals surface area (Å²) in [5, 5.41) is 5.18. The number of nitrogens with zero attached hydrogens (tertiary/aromatic N) is 3. The molecule has 3 rings (SSSR count). The molecule has 0 amide bonds. The number of sulfone groups is 1. The van der Waals surface area contributed by atoms with Crippen molar-refractivity contribution < 1.29 is 8.42 Å². The fourth-order valence-electron chi connectivity index (χ4n) is 2.76. The highest BCUT2D eigenvalue weighted by Gasteiger charge is 2.24. The lowest BCUT2D eigenvalue weighted by Crippen LogP contribution is -2.39. The number of hydrogen-bond donors (Lipinski definition) is 0. The third kappa shape index (κ3) is 3.94. The summed E-state index contributed by atoms with van der Waals surface area (Å²) < 4.78 is 24.8. The van der Waals surface area contributed by atoms with Gasteiger partial charge in [-0.15, -0.1) is 0 Å². The fraction of sp³-hybridized carbons (Fsp3) is 0.438. The standard InChI is InChI=1S/C16H20ClN3O2S/c1-13-15(12-19-7-9-23(21,22)10-8-19)16(17)20(18-13)11-14-5-3-2-4-6-14/h2-6H,7-12H2,1H3. The second kappa shape index (κ2) is 6.63. The molecule has 0 radical (unpaired) electrons. The predicted molar refractivity (Wildman–Crippen MR) is 91.4 cm³/mol. The normalized spacial score (nSPS) is 18.2. The van der Waals surface area contributed by atoms with E-state index in [9.17, 15) is 8.42 Å². The highest BCUT2D eigenvalue weighted by molar-refractivity contribution is 7.91. The number of rotatable bonds is 4. The predicted octanol–water partition coefficient (Wildman–Crippen LogP) is 2.12. The SMILES string of the molecule is Cc1nn(Cc2ccccc2)c(Cl)c1CN1CCS(=O)(=O)CC1. The summed E-state index contributed by atoms with van der Waals surface area (Å²) in [5.41, 5.74) is 3.04. The first-order valence-corrected chi connectivity index (χ1v) is 9.83. The van der Waals surface area contributed by atoms with Crippen LogP contribution in [0.4, 0.5) is 0 Å². The van der Waals surface area contributed by atoms with Crippen molar-refractivity contribution in [2.75, 3.05) is 24.6 Å². The average Bonchev–Trinajstić information content (AvgIpc) is 2.78. The number of halogens is 1. The van der Waals surface area contributed by atoms with Crippen molar-refractivity contribution in [3.8, 4) is 0 Å². The van der Waals surface area contributed by atoms with Gasteiger partial charge >= 0.3 is 0 Å². The monoisotopic (exact) mass is 353 g/mol. The third-order valence-corrected chi connectivity index (χ3v) is 6.21. The summed E-state index contributed by atoms with van der Waals surface area (Å²) in [6, 6.07) is 10.1. The minimum absolute atomic E-state index is 0.224. The van der Waals surface area contributed by atoms with E-state index in [4.69, 9.17) is 11.6 Å². The molecule has 2 aromatic rings. The van der Waals surface area contributed by atoms with E-state index in [0.717, 1.165) is 16.8 Å². The molecule has 1 aromatic heterocycles. The molecular weight excluding hydrogens is 334 g/mol. The summed E-state index contributed by atoms with van der Waals surface area (Å²) in [7, 11) is -2.86. The third-order valence-electron chi connectivity index (χ3n) is 4.18. The van der Waals surface area contributed by atoms with Crippen LogP contribution in [-0.4, -0.2) is 47.7 Å². The van der Waals surface area contributed by atoms with Gasteiger partial charge in [0.25, 0.3) is 0 Å². The molecule has 0 unspecified atom stereocenters. The first-order chi connectivity index (χ1) is 10.9. The topological polar surface area (TPSA) is 55.2 Å². The molecule has 5 nitrogen and oxygen atoms in total. The number of aromatic nitrogens is 2. The van der Waals surface area contributed by atoms with Gasteiger partial charge in [-0.25, -0.2) is 13.1 Å². The summed E-state index contributed by atoms with van der Waals surface area (Å²) in [4.78, 5) is 2.13. The van der Waals surface area contributed by atoms with Gasteiger partial charge in [-0.05, 0) is 12.5 Å². The molecule has 0 spiro atoms. The Morgan fingerprint density at radius 2 is 1.78 bits per heavy atom. The van der Waals surface area contributed by atoms with Crippen molar-refractivity contribution in [2.24, 2.45) is 0 Å². The van der Waals surface area contributed by atoms with Crippen LogP contribution >= 0.6 is 11.6 Å². The van der Waals surface area contributed by atoms with Crippen LogP contribution in [-0.2, 0) is 22.9 Å². The molecule has 124 valence electrons. The van der Waals surface area contributed by atoms with Gasteiger partial charge in [0, 0.05) is 25.2 Å². The maximum atomic E-state index is 11.5. The highest BCUT2D eigenvalue weighted by atomic mass is 35.5. The van der Waals surface area contributed by atoms with Gasteiger partial charge in [-0.3, -0.25) is 4.90 Å². The molecule has 0 atom stereocenters. The van der Waals surface area contributed by atoms with Gasteiger partial charge in [-0.2, -0.15) is 5.10 Å². The largest absolute Gasteiger partial charge is 0.297 e. The molecule has 0 saturated carbocycles. The summed E-state index contributed by atoms with van der Waals surface area (Å²) in [6.07, 6.45) is 0. The van der Waals surface area contributed by atoms with E-state index in [1.165, 1.54) is 0 Å². The zero-order chi connectivity index (χ0) is 16.4. The Kier molecular flexibility index (Phi) is 4.75. The minimum Gasteiger partial charge on any atom is -0.297 e. The van der Waals surface area contributed by atoms with Crippen molar-refractivity contribution in [1.82, 2.24) is 14.7 Å². The van der Waals surface area contributed by atoms with Crippen LogP contribution in [0.1, 0.15) is 16.8 Å². The minimum atomic E-state index is -2.86. The second-order valence-corrected chi connectivity index (χ2v) is 8.59. The Labute approximate surface area is 141 Å². The van der Waals surface area contributed by atoms with Crippen LogP contribution in [0.2, 0.25) is 5.15 Å². The second-order valence-electron chi connectivity index (χ2n) is 5.93. The Hall–Kier alpha value is -1.37. The summed E-state index contributed by atoms with van der Waals surface area (Å²) >= 11 is 6.51. The summed E-state index contributed by atoms with van der Waals surface area (Å²) in [5.74, 6) is 0.448. The van der Waals surface area contributed by atoms with Gasteiger partial charge in [-0.1, -0.05) is 41.9 Å². The van der Waals surface area contributed by atoms with Crippen molar-refractivity contribution in [1.29, 1.82) is 0 Å². The molecule has 0 aliphatic carbocycles. The molecule has 1 aliphatic rings. The average molecular weight is 354 g/mol. The first kappa shape index (κ1) is 16.5. The lowest BCUT2D eigenvalue weighted by molar-refractivity contribution is 0.287. The fourth-order valence-corrected chi connectivity index (χ4v) is 4.33. The van der Waals surface area contributed by atoms with Crippen LogP contribution in [0.3, 0.4) is 0 Å². The van der Waals surface area contributed by atoms with E-state index in [2.05, 4.69) is 10.00 Å². The van der Waals surface area contributed by atoms with Gasteiger partial charge in [0.15, 0.2) is 9.84 Å². The van der Waals surface area contributed by atoms with Crippen LogP contribution in [0, 0.1) is 6.92 Å². The van der Waals surface area contributed by atoms with Gasteiger partial charge < -0.3 is 0 Å². The van der Waals surface area contributed by atoms with Crippen LogP contribution in [0.5, 0.6) is 0 Å². The Bertz CT molecular complexity index is 773. The van der Waals surface area contributed by atoms with Gasteiger partial charge in [0.2, 0.25) is 0 Å². The maximum absolute atomic E-state index is 11.5. The van der Waals surface area contributed by atoms with E-state index in [1.807, 2.05) is 41.9 Å².